The van der Waals surface area contributed by atoms with E-state index in [1.54, 1.807) is 29.2 Å². The van der Waals surface area contributed by atoms with Crippen molar-refractivity contribution in [1.29, 1.82) is 5.26 Å². The fraction of sp³-hybridized carbons (Fsp3) is 0.412. The number of nitrogens with zero attached hydrogens (tertiary/aromatic N) is 3. The first-order valence-electron chi connectivity index (χ1n) is 7.97. The Balaban J connectivity index is 2.00. The van der Waals surface area contributed by atoms with Crippen molar-refractivity contribution in [3.8, 4) is 6.07 Å². The summed E-state index contributed by atoms with van der Waals surface area (Å²) in [5, 5.41) is 20.2. The lowest BCUT2D eigenvalue weighted by Crippen LogP contribution is -2.54. The maximum absolute atomic E-state index is 12.6. The second-order valence-corrected chi connectivity index (χ2v) is 5.86. The van der Waals surface area contributed by atoms with E-state index in [1.807, 2.05) is 6.07 Å². The van der Waals surface area contributed by atoms with Gasteiger partial charge in [-0.3, -0.25) is 9.59 Å². The van der Waals surface area contributed by atoms with Gasteiger partial charge in [0, 0.05) is 25.8 Å². The van der Waals surface area contributed by atoms with Gasteiger partial charge in [-0.1, -0.05) is 0 Å². The summed E-state index contributed by atoms with van der Waals surface area (Å²) in [6.07, 6.45) is 1.11. The van der Waals surface area contributed by atoms with Crippen molar-refractivity contribution >= 4 is 23.6 Å². The van der Waals surface area contributed by atoms with Gasteiger partial charge in [-0.15, -0.1) is 0 Å². The summed E-state index contributed by atoms with van der Waals surface area (Å²) in [7, 11) is 1.49. The summed E-state index contributed by atoms with van der Waals surface area (Å²) in [4.78, 5) is 38.2. The number of carboxylic acid groups (broad SMARTS) is 1. The zero-order valence-electron chi connectivity index (χ0n) is 13.9. The fourth-order valence-electron chi connectivity index (χ4n) is 2.61. The van der Waals surface area contributed by atoms with Gasteiger partial charge in [0.05, 0.1) is 18.1 Å². The van der Waals surface area contributed by atoms with E-state index in [-0.39, 0.29) is 18.9 Å². The number of hydrogen-bond donors (Lipinski definition) is 2. The number of carbonyl (C=O) groups excluding carboxylic acids is 2. The molecule has 0 spiro atoms. The Morgan fingerprint density at radius 3 is 2.68 bits per heavy atom. The summed E-state index contributed by atoms with van der Waals surface area (Å²) in [6, 6.07) is 7.61. The molecule has 3 amide bonds. The molecule has 2 N–H and O–H groups in total. The number of piperidine rings is 1. The third-order valence-electron chi connectivity index (χ3n) is 4.05. The van der Waals surface area contributed by atoms with Crippen LogP contribution in [0.5, 0.6) is 0 Å². The molecule has 1 aromatic rings. The Kier molecular flexibility index (Phi) is 5.95. The number of aliphatic carboxylic acids is 1. The standard InChI is InChI=1S/C17H20N4O4/c1-20(10-8-15(22)23)17(25)19-14-3-2-9-21(16(14)24)13-6-4-12(11-18)5-7-13/h4-7,14H,2-3,8-10H2,1H3,(H,19,25)(H,22,23). The monoisotopic (exact) mass is 344 g/mol. The van der Waals surface area contributed by atoms with Gasteiger partial charge in [0.1, 0.15) is 6.04 Å². The van der Waals surface area contributed by atoms with Crippen molar-refractivity contribution in [1.82, 2.24) is 10.2 Å². The van der Waals surface area contributed by atoms with E-state index in [1.165, 1.54) is 11.9 Å². The second-order valence-electron chi connectivity index (χ2n) is 5.86. The number of carboxylic acids is 1. The lowest BCUT2D eigenvalue weighted by Gasteiger charge is -2.33. The lowest BCUT2D eigenvalue weighted by molar-refractivity contribution is -0.137. The highest BCUT2D eigenvalue weighted by Crippen LogP contribution is 2.21. The largest absolute Gasteiger partial charge is 0.481 e. The molecule has 8 nitrogen and oxygen atoms in total. The summed E-state index contributed by atoms with van der Waals surface area (Å²) < 4.78 is 0. The maximum atomic E-state index is 12.6. The van der Waals surface area contributed by atoms with Crippen LogP contribution in [0, 0.1) is 11.3 Å². The van der Waals surface area contributed by atoms with E-state index in [9.17, 15) is 14.4 Å². The third kappa shape index (κ3) is 4.70. The Bertz CT molecular complexity index is 696. The van der Waals surface area contributed by atoms with Crippen LogP contribution in [0.25, 0.3) is 0 Å². The van der Waals surface area contributed by atoms with Crippen molar-refractivity contribution in [3.05, 3.63) is 29.8 Å². The van der Waals surface area contributed by atoms with Crippen molar-refractivity contribution in [3.63, 3.8) is 0 Å². The zero-order chi connectivity index (χ0) is 18.4. The molecule has 1 unspecified atom stereocenters. The minimum atomic E-state index is -0.986. The van der Waals surface area contributed by atoms with E-state index in [4.69, 9.17) is 10.4 Å². The van der Waals surface area contributed by atoms with Crippen LogP contribution in [0.2, 0.25) is 0 Å². The normalized spacial score (nSPS) is 16.9. The number of carbonyl (C=O) groups is 3. The molecule has 8 heteroatoms. The van der Waals surface area contributed by atoms with Gasteiger partial charge in [0.15, 0.2) is 0 Å². The fourth-order valence-corrected chi connectivity index (χ4v) is 2.61. The highest BCUT2D eigenvalue weighted by atomic mass is 16.4. The first-order valence-corrected chi connectivity index (χ1v) is 7.97. The predicted octanol–water partition coefficient (Wildman–Crippen LogP) is 1.17. The van der Waals surface area contributed by atoms with E-state index in [0.29, 0.717) is 24.2 Å². The number of urea groups is 1. The molecule has 0 aromatic heterocycles. The van der Waals surface area contributed by atoms with E-state index in [2.05, 4.69) is 5.32 Å². The Morgan fingerprint density at radius 1 is 1.40 bits per heavy atom. The molecular weight excluding hydrogens is 324 g/mol. The molecule has 1 saturated heterocycles. The predicted molar refractivity (Wildman–Crippen MR) is 89.9 cm³/mol. The number of amides is 3. The Hall–Kier alpha value is -3.08. The molecule has 1 atom stereocenters. The van der Waals surface area contributed by atoms with E-state index >= 15 is 0 Å². The van der Waals surface area contributed by atoms with Crippen LogP contribution in [0.15, 0.2) is 24.3 Å². The number of anilines is 1. The number of nitriles is 1. The second kappa shape index (κ2) is 8.15. The summed E-state index contributed by atoms with van der Waals surface area (Å²) >= 11 is 0. The van der Waals surface area contributed by atoms with E-state index in [0.717, 1.165) is 6.42 Å². The van der Waals surface area contributed by atoms with Gasteiger partial charge < -0.3 is 20.2 Å². The topological polar surface area (TPSA) is 114 Å². The van der Waals surface area contributed by atoms with Crippen molar-refractivity contribution in [2.24, 2.45) is 0 Å². The van der Waals surface area contributed by atoms with Crippen LogP contribution in [0.1, 0.15) is 24.8 Å². The van der Waals surface area contributed by atoms with Gasteiger partial charge in [-0.25, -0.2) is 4.79 Å². The Labute approximate surface area is 145 Å². The smallest absolute Gasteiger partial charge is 0.317 e. The van der Waals surface area contributed by atoms with Crippen molar-refractivity contribution in [2.75, 3.05) is 25.0 Å². The van der Waals surface area contributed by atoms with Crippen molar-refractivity contribution < 1.29 is 19.5 Å². The summed E-state index contributed by atoms with van der Waals surface area (Å²) in [6.45, 7) is 0.618. The Morgan fingerprint density at radius 2 is 2.08 bits per heavy atom. The van der Waals surface area contributed by atoms with E-state index < -0.39 is 18.0 Å². The van der Waals surface area contributed by atoms with Gasteiger partial charge in [0.25, 0.3) is 0 Å². The maximum Gasteiger partial charge on any atom is 0.317 e. The van der Waals surface area contributed by atoms with Crippen LogP contribution in [-0.4, -0.2) is 54.1 Å². The molecule has 1 aliphatic heterocycles. The molecule has 2 rings (SSSR count). The molecule has 0 saturated carbocycles. The minimum Gasteiger partial charge on any atom is -0.481 e. The number of nitrogens with one attached hydrogen (secondary N) is 1. The highest BCUT2D eigenvalue weighted by molar-refractivity contribution is 5.99. The van der Waals surface area contributed by atoms with Crippen LogP contribution < -0.4 is 10.2 Å². The molecule has 25 heavy (non-hydrogen) atoms. The summed E-state index contributed by atoms with van der Waals surface area (Å²) in [5.41, 5.74) is 1.19. The molecule has 1 heterocycles. The van der Waals surface area contributed by atoms with Gasteiger partial charge in [-0.2, -0.15) is 5.26 Å². The third-order valence-corrected chi connectivity index (χ3v) is 4.05. The molecular formula is C17H20N4O4. The van der Waals surface area contributed by atoms with Gasteiger partial charge >= 0.3 is 12.0 Å². The SMILES string of the molecule is CN(CCC(=O)O)C(=O)NC1CCCN(c2ccc(C#N)cc2)C1=O. The molecule has 1 fully saturated rings. The molecule has 0 bridgehead atoms. The van der Waals surface area contributed by atoms with Crippen LogP contribution in [0.3, 0.4) is 0 Å². The molecule has 0 radical (unpaired) electrons. The van der Waals surface area contributed by atoms with Crippen molar-refractivity contribution in [2.45, 2.75) is 25.3 Å². The molecule has 1 aromatic carbocycles. The number of rotatable bonds is 5. The minimum absolute atomic E-state index is 0.0708. The highest BCUT2D eigenvalue weighted by Gasteiger charge is 2.31. The van der Waals surface area contributed by atoms with Crippen LogP contribution in [-0.2, 0) is 9.59 Å². The van der Waals surface area contributed by atoms with Gasteiger partial charge in [-0.05, 0) is 37.1 Å². The first-order chi connectivity index (χ1) is 11.9. The number of hydrogen-bond acceptors (Lipinski definition) is 4. The first kappa shape index (κ1) is 18.3. The van der Waals surface area contributed by atoms with Gasteiger partial charge in [0.2, 0.25) is 5.91 Å². The average molecular weight is 344 g/mol. The average Bonchev–Trinajstić information content (AvgIpc) is 2.61. The van der Waals surface area contributed by atoms with Crippen LogP contribution >= 0.6 is 0 Å². The molecule has 132 valence electrons. The number of benzene rings is 1. The quantitative estimate of drug-likeness (QED) is 0.832. The summed E-state index contributed by atoms with van der Waals surface area (Å²) in [5.74, 6) is -1.20. The molecule has 1 aliphatic rings. The molecule has 0 aliphatic carbocycles. The lowest BCUT2D eigenvalue weighted by atomic mass is 10.0. The van der Waals surface area contributed by atoms with Crippen LogP contribution in [0.4, 0.5) is 10.5 Å². The zero-order valence-corrected chi connectivity index (χ0v) is 13.9.